The molecule has 0 N–H and O–H groups in total. The first-order valence-corrected chi connectivity index (χ1v) is 9.40. The van der Waals surface area contributed by atoms with Gasteiger partial charge in [-0.25, -0.2) is 0 Å². The second-order valence-electron chi connectivity index (χ2n) is 4.84. The summed E-state index contributed by atoms with van der Waals surface area (Å²) in [6, 6.07) is 21.2. The summed E-state index contributed by atoms with van der Waals surface area (Å²) in [7, 11) is 0. The smallest absolute Gasteiger partial charge is 0.0873 e. The molecule has 0 amide bonds. The van der Waals surface area contributed by atoms with Gasteiger partial charge in [0.15, 0.2) is 0 Å². The van der Waals surface area contributed by atoms with Crippen molar-refractivity contribution in [3.8, 4) is 0 Å². The van der Waals surface area contributed by atoms with Crippen LogP contribution in [0.3, 0.4) is 0 Å². The summed E-state index contributed by atoms with van der Waals surface area (Å²) in [6.45, 7) is 8.67. The Hall–Kier alpha value is -1.26. The summed E-state index contributed by atoms with van der Waals surface area (Å²) in [5.41, 5.74) is 2.54. The van der Waals surface area contributed by atoms with Crippen molar-refractivity contribution in [2.45, 2.75) is 25.4 Å². The van der Waals surface area contributed by atoms with Crippen molar-refractivity contribution < 1.29 is 0 Å². The van der Waals surface area contributed by atoms with Crippen LogP contribution in [0, 0.1) is 0 Å². The molecule has 0 unspecified atom stereocenters. The van der Waals surface area contributed by atoms with Gasteiger partial charge in [-0.1, -0.05) is 36.4 Å². The maximum absolute atomic E-state index is 2.36. The van der Waals surface area contributed by atoms with E-state index in [4.69, 9.17) is 0 Å². The molecule has 0 bridgehead atoms. The van der Waals surface area contributed by atoms with E-state index in [1.165, 1.54) is 11.4 Å². The third-order valence-corrected chi connectivity index (χ3v) is 5.77. The molecule has 0 aliphatic rings. The van der Waals surface area contributed by atoms with Crippen LogP contribution in [0.5, 0.6) is 0 Å². The monoisotopic (exact) mass is 332 g/mol. The fourth-order valence-electron chi connectivity index (χ4n) is 2.20. The van der Waals surface area contributed by atoms with Crippen LogP contribution < -0.4 is 8.61 Å². The van der Waals surface area contributed by atoms with Crippen LogP contribution in [0.15, 0.2) is 60.7 Å². The van der Waals surface area contributed by atoms with E-state index in [1.54, 1.807) is 0 Å². The number of para-hydroxylation sites is 2. The average Bonchev–Trinajstić information content (AvgIpc) is 2.59. The van der Waals surface area contributed by atoms with E-state index >= 15 is 0 Å². The molecule has 0 heterocycles. The average molecular weight is 333 g/mol. The minimum Gasteiger partial charge on any atom is -0.316 e. The summed E-state index contributed by atoms with van der Waals surface area (Å²) < 4.78 is 5.16. The number of benzene rings is 2. The van der Waals surface area contributed by atoms with Gasteiger partial charge < -0.3 is 8.61 Å². The van der Waals surface area contributed by atoms with Crippen LogP contribution >= 0.6 is 23.9 Å². The van der Waals surface area contributed by atoms with Crippen LogP contribution in [-0.2, 0) is 0 Å². The molecule has 2 nitrogen and oxygen atoms in total. The first kappa shape index (κ1) is 17.1. The largest absolute Gasteiger partial charge is 0.316 e. The maximum atomic E-state index is 2.36. The van der Waals surface area contributed by atoms with Gasteiger partial charge in [-0.3, -0.25) is 0 Å². The van der Waals surface area contributed by atoms with Gasteiger partial charge in [0.25, 0.3) is 0 Å². The van der Waals surface area contributed by atoms with E-state index < -0.39 is 0 Å². The van der Waals surface area contributed by atoms with Crippen molar-refractivity contribution in [1.82, 2.24) is 0 Å². The molecule has 0 spiro atoms. The van der Waals surface area contributed by atoms with Gasteiger partial charge in [0.1, 0.15) is 0 Å². The molecule has 0 aromatic heterocycles. The first-order valence-electron chi connectivity index (χ1n) is 7.73. The molecule has 0 fully saturated rings. The maximum Gasteiger partial charge on any atom is 0.0873 e. The highest BCUT2D eigenvalue weighted by molar-refractivity contribution is 8.18. The van der Waals surface area contributed by atoms with E-state index in [0.29, 0.717) is 4.58 Å². The normalized spacial score (nSPS) is 10.7. The second-order valence-corrected chi connectivity index (χ2v) is 7.85. The lowest BCUT2D eigenvalue weighted by Crippen LogP contribution is -2.21. The summed E-state index contributed by atoms with van der Waals surface area (Å²) >= 11 is 3.78. The second kappa shape index (κ2) is 9.01. The predicted molar refractivity (Wildman–Crippen MR) is 104 cm³/mol. The molecule has 0 aliphatic heterocycles. The Morgan fingerprint density at radius 3 is 1.41 bits per heavy atom. The lowest BCUT2D eigenvalue weighted by molar-refractivity contribution is 1.09. The van der Waals surface area contributed by atoms with Crippen molar-refractivity contribution in [2.24, 2.45) is 0 Å². The van der Waals surface area contributed by atoms with Gasteiger partial charge in [-0.05, 0) is 68.9 Å². The summed E-state index contributed by atoms with van der Waals surface area (Å²) in [5, 5.41) is 0. The highest BCUT2D eigenvalue weighted by Gasteiger charge is 2.15. The van der Waals surface area contributed by atoms with Crippen molar-refractivity contribution >= 4 is 35.3 Å². The minimum atomic E-state index is 0.445. The van der Waals surface area contributed by atoms with Gasteiger partial charge in [0, 0.05) is 24.5 Å². The van der Waals surface area contributed by atoms with Crippen LogP contribution in [0.25, 0.3) is 0 Å². The molecular weight excluding hydrogens is 308 g/mol. The van der Waals surface area contributed by atoms with Gasteiger partial charge in [-0.2, -0.15) is 0 Å². The third kappa shape index (κ3) is 4.89. The molecule has 22 heavy (non-hydrogen) atoms. The fraction of sp³-hybridized carbons (Fsp3) is 0.333. The summed E-state index contributed by atoms with van der Waals surface area (Å²) in [4.78, 5) is 0. The highest BCUT2D eigenvalue weighted by atomic mass is 32.2. The van der Waals surface area contributed by atoms with E-state index in [1.807, 2.05) is 23.9 Å². The van der Waals surface area contributed by atoms with Crippen molar-refractivity contribution in [3.05, 3.63) is 60.7 Å². The van der Waals surface area contributed by atoms with Gasteiger partial charge in [-0.15, -0.1) is 0 Å². The zero-order valence-electron chi connectivity index (χ0n) is 13.5. The molecule has 2 aromatic rings. The van der Waals surface area contributed by atoms with Gasteiger partial charge in [0.2, 0.25) is 0 Å². The van der Waals surface area contributed by atoms with Gasteiger partial charge in [0.05, 0.1) is 4.58 Å². The van der Waals surface area contributed by atoms with E-state index in [9.17, 15) is 0 Å². The Labute approximate surface area is 143 Å². The molecule has 0 aliphatic carbocycles. The first-order chi connectivity index (χ1) is 10.7. The number of nitrogens with zero attached hydrogens (tertiary/aromatic N) is 2. The Morgan fingerprint density at radius 1 is 0.727 bits per heavy atom. The standard InChI is InChI=1S/C18H24N2S2/c1-4-19(17-12-8-6-9-13-17)21-16(3)22-20(5-2)18-14-10-7-11-15-18/h6-16H,4-5H2,1-3H3. The number of anilines is 2. The van der Waals surface area contributed by atoms with E-state index in [-0.39, 0.29) is 0 Å². The lowest BCUT2D eigenvalue weighted by atomic mass is 10.3. The minimum absolute atomic E-state index is 0.445. The number of rotatable bonds is 8. The molecule has 0 atom stereocenters. The Kier molecular flexibility index (Phi) is 7.00. The summed E-state index contributed by atoms with van der Waals surface area (Å²) in [5.74, 6) is 0. The fourth-order valence-corrected chi connectivity index (χ4v) is 4.48. The van der Waals surface area contributed by atoms with Crippen LogP contribution in [0.4, 0.5) is 11.4 Å². The van der Waals surface area contributed by atoms with Gasteiger partial charge >= 0.3 is 0 Å². The summed E-state index contributed by atoms with van der Waals surface area (Å²) in [6.07, 6.45) is 0. The molecule has 118 valence electrons. The molecule has 2 rings (SSSR count). The van der Waals surface area contributed by atoms with E-state index in [2.05, 4.69) is 90.0 Å². The molecule has 0 saturated carbocycles. The third-order valence-electron chi connectivity index (χ3n) is 3.21. The predicted octanol–water partition coefficient (Wildman–Crippen LogP) is 5.68. The topological polar surface area (TPSA) is 6.48 Å². The highest BCUT2D eigenvalue weighted by Crippen LogP contribution is 2.34. The zero-order chi connectivity index (χ0) is 15.8. The molecule has 0 radical (unpaired) electrons. The molecule has 4 heteroatoms. The Morgan fingerprint density at radius 2 is 1.09 bits per heavy atom. The van der Waals surface area contributed by atoms with Crippen molar-refractivity contribution in [3.63, 3.8) is 0 Å². The Balaban J connectivity index is 1.97. The SMILES string of the molecule is CCN(SC(C)SN(CC)c1ccccc1)c1ccccc1. The van der Waals surface area contributed by atoms with Crippen molar-refractivity contribution in [2.75, 3.05) is 21.7 Å². The van der Waals surface area contributed by atoms with Crippen LogP contribution in [-0.4, -0.2) is 17.7 Å². The Bertz CT molecular complexity index is 484. The number of hydrogen-bond acceptors (Lipinski definition) is 4. The molecular formula is C18H24N2S2. The lowest BCUT2D eigenvalue weighted by Gasteiger charge is -2.29. The molecule has 2 aromatic carbocycles. The zero-order valence-corrected chi connectivity index (χ0v) is 15.1. The molecule has 0 saturated heterocycles. The quantitative estimate of drug-likeness (QED) is 0.453. The van der Waals surface area contributed by atoms with Crippen molar-refractivity contribution in [1.29, 1.82) is 0 Å². The van der Waals surface area contributed by atoms with Crippen LogP contribution in [0.2, 0.25) is 0 Å². The number of hydrogen-bond donors (Lipinski definition) is 0. The van der Waals surface area contributed by atoms with Crippen LogP contribution in [0.1, 0.15) is 20.8 Å². The van der Waals surface area contributed by atoms with E-state index in [0.717, 1.165) is 13.1 Å².